The summed E-state index contributed by atoms with van der Waals surface area (Å²) in [6, 6.07) is 73.0. The zero-order chi connectivity index (χ0) is 104. The average Bonchev–Trinajstić information content (AvgIpc) is 1.51. The first-order valence-electron chi connectivity index (χ1n) is 50.2. The Morgan fingerprint density at radius 2 is 0.845 bits per heavy atom. The van der Waals surface area contributed by atoms with Crippen molar-refractivity contribution in [3.05, 3.63) is 385 Å². The predicted octanol–water partition coefficient (Wildman–Crippen LogP) is 32.6. The fraction of sp³-hybridized carbons (Fsp3) is 0.262. The quantitative estimate of drug-likeness (QED) is 0.0319. The predicted molar refractivity (Wildman–Crippen MR) is 573 cm³/mol. The normalized spacial score (nSPS) is 13.2. The third kappa shape index (κ3) is 25.5. The minimum absolute atomic E-state index is 0.0225. The zero-order valence-electron chi connectivity index (χ0n) is 83.1. The average molecular weight is 2050 g/mol. The van der Waals surface area contributed by atoms with Crippen LogP contribution in [0.15, 0.2) is 272 Å². The number of ether oxygens (including phenoxy) is 5. The van der Waals surface area contributed by atoms with Gasteiger partial charge in [0, 0.05) is 75.4 Å². The van der Waals surface area contributed by atoms with E-state index in [4.69, 9.17) is 38.6 Å². The molecule has 0 aliphatic heterocycles. The number of hydrogen-bond donors (Lipinski definition) is 2. The maximum absolute atomic E-state index is 13.9. The lowest BCUT2D eigenvalue weighted by Gasteiger charge is -2.20. The van der Waals surface area contributed by atoms with Crippen LogP contribution in [0, 0.1) is 46.5 Å². The summed E-state index contributed by atoms with van der Waals surface area (Å²) in [5, 5.41) is 13.9. The smallest absolute Gasteiger partial charge is 0.339 e. The Balaban J connectivity index is 0.000000135. The number of rotatable bonds is 30. The SMILES string of the molecule is CC(C)c1c(-c2ccccc2)nc2cc(OC3CCCC3)ccc2c1C(=O)OCc1ccc(F)c(F)c1.CC(C)c1c(-c2ccccc2)nc2ccc(OC3CCCC3)cc2c1C(=O)SCc1ccc(F)c(F)c1.CC(C)c1c(-c2cccs2)nc2cc(OC3CCCC3)ccc2c1C(=O)NCc1ccc(F)c(F)c1.CCCCc1c(-c2ccccc2)cc2cc(Oc3nccs3)ccc2c1C(=O)NCc1ccc(F)c(F)c1. The Morgan fingerprint density at radius 3 is 1.34 bits per heavy atom. The number of unbranched alkanes of at least 4 members (excludes halogenated alkanes) is 1. The van der Waals surface area contributed by atoms with Gasteiger partial charge in [-0.25, -0.2) is 59.9 Å². The molecule has 0 atom stereocenters. The number of halogens is 8. The van der Waals surface area contributed by atoms with Gasteiger partial charge in [-0.2, -0.15) is 0 Å². The summed E-state index contributed by atoms with van der Waals surface area (Å²) < 4.78 is 139. The van der Waals surface area contributed by atoms with E-state index in [0.717, 1.165) is 223 Å². The van der Waals surface area contributed by atoms with Gasteiger partial charge in [-0.05, 0) is 301 Å². The van der Waals surface area contributed by atoms with E-state index in [2.05, 4.69) is 42.5 Å². The third-order valence-corrected chi connectivity index (χ3v) is 29.0. The molecule has 3 saturated carbocycles. The highest BCUT2D eigenvalue weighted by Gasteiger charge is 2.32. The van der Waals surface area contributed by atoms with Crippen LogP contribution < -0.4 is 29.6 Å². The molecule has 148 heavy (non-hydrogen) atoms. The summed E-state index contributed by atoms with van der Waals surface area (Å²) in [5.41, 5.74) is 15.7. The van der Waals surface area contributed by atoms with Gasteiger partial charge in [-0.1, -0.05) is 199 Å². The molecule has 0 spiro atoms. The number of esters is 1. The molecule has 0 bridgehead atoms. The van der Waals surface area contributed by atoms with Gasteiger partial charge in [0.05, 0.1) is 73.5 Å². The number of aromatic nitrogens is 4. The van der Waals surface area contributed by atoms with E-state index < -0.39 is 52.5 Å². The molecule has 3 fully saturated rings. The highest BCUT2D eigenvalue weighted by atomic mass is 32.2. The van der Waals surface area contributed by atoms with Gasteiger partial charge in [0.2, 0.25) is 5.12 Å². The number of nitrogens with zero attached hydrogens (tertiary/aromatic N) is 4. The number of nitrogens with one attached hydrogen (secondary N) is 2. The lowest BCUT2D eigenvalue weighted by Crippen LogP contribution is -2.25. The van der Waals surface area contributed by atoms with E-state index in [1.165, 1.54) is 74.1 Å². The molecule has 0 radical (unpaired) electrons. The van der Waals surface area contributed by atoms with Crippen molar-refractivity contribution in [3.8, 4) is 72.4 Å². The van der Waals surface area contributed by atoms with Crippen molar-refractivity contribution in [2.45, 2.75) is 206 Å². The fourth-order valence-electron chi connectivity index (χ4n) is 19.3. The van der Waals surface area contributed by atoms with Gasteiger partial charge in [-0.3, -0.25) is 14.4 Å². The number of amides is 2. The molecule has 5 aromatic heterocycles. The van der Waals surface area contributed by atoms with Crippen LogP contribution in [0.1, 0.15) is 242 Å². The Hall–Kier alpha value is -14.5. The number of thioether (sulfide) groups is 1. The first-order valence-corrected chi connectivity index (χ1v) is 53.0. The Morgan fingerprint density at radius 1 is 0.399 bits per heavy atom. The van der Waals surface area contributed by atoms with E-state index in [1.54, 1.807) is 17.5 Å². The molecule has 12 aromatic carbocycles. The highest BCUT2D eigenvalue weighted by Crippen LogP contribution is 2.45. The minimum atomic E-state index is -0.980. The van der Waals surface area contributed by atoms with Crippen LogP contribution in [0.3, 0.4) is 0 Å². The lowest BCUT2D eigenvalue weighted by molar-refractivity contribution is 0.0472. The maximum Gasteiger partial charge on any atom is 0.339 e. The number of thiophene rings is 1. The number of fused-ring (bicyclic) bond motifs is 4. The molecule has 3 aliphatic rings. The van der Waals surface area contributed by atoms with Gasteiger partial charge in [-0.15, -0.1) is 11.3 Å². The van der Waals surface area contributed by atoms with Crippen LogP contribution in [-0.4, -0.2) is 61.1 Å². The molecule has 0 saturated heterocycles. The molecule has 3 aliphatic carbocycles. The van der Waals surface area contributed by atoms with Gasteiger partial charge < -0.3 is 34.3 Å². The van der Waals surface area contributed by atoms with E-state index in [0.29, 0.717) is 77.6 Å². The number of pyridine rings is 3. The molecule has 26 heteroatoms. The maximum atomic E-state index is 13.9. The first kappa shape index (κ1) is 105. The van der Waals surface area contributed by atoms with Crippen molar-refractivity contribution in [2.75, 3.05) is 0 Å². The van der Waals surface area contributed by atoms with Crippen molar-refractivity contribution in [1.29, 1.82) is 0 Å². The number of hydrogen-bond acceptors (Lipinski definition) is 16. The second-order valence-electron chi connectivity index (χ2n) is 38.1. The van der Waals surface area contributed by atoms with E-state index in [-0.39, 0.29) is 78.4 Å². The second-order valence-corrected chi connectivity index (χ2v) is 40.8. The Kier molecular flexibility index (Phi) is 34.7. The monoisotopic (exact) mass is 2050 g/mol. The van der Waals surface area contributed by atoms with Crippen molar-refractivity contribution in [2.24, 2.45) is 0 Å². The molecule has 2 N–H and O–H groups in total. The molecular formula is C122H112F8N6O9S3. The standard InChI is InChI=1S/C31H26F2N2O2S.C31H29F2NO3.C31H29F2NO2S.C29H28F2N2O2S/c1-2-3-9-25-26(21-7-5-4-6-8-21)18-22-17-23(37-31-34-14-15-38-31)11-12-24(22)29(25)30(36)35-19-20-10-13-27(32)28(33)16-20;1-19(2)28-29(31(35)36-18-20-12-15-25(32)26(33)16-20)24-14-13-23(37-22-10-6-7-11-22)17-27(24)34-30(28)21-8-4-3-5-9-21;1-19(2)28-29(31(35)37-18-20-12-14-25(32)26(33)16-20)24-17-23(36-22-10-6-7-11-22)13-15-27(24)34-30(28)21-8-4-3-5-9-21;1-17(2)26-27(29(34)32-16-18-9-12-22(30)23(31)14-18)21-11-10-20(35-19-6-3-4-7-19)15-24(21)33-28(26)25-8-5-13-36-25/h4-8,10-18H,2-3,9,19H2,1H3,(H,35,36);2*3-5,8-9,12-17,19,22H,6-7,10-11,18H2,1-2H3;5,8-15,17,19H,3-4,6-7,16H2,1-2H3,(H,32,34). The zero-order valence-corrected chi connectivity index (χ0v) is 85.5. The van der Waals surface area contributed by atoms with Crippen LogP contribution in [0.5, 0.6) is 28.2 Å². The van der Waals surface area contributed by atoms with Gasteiger partial charge in [0.1, 0.15) is 29.6 Å². The highest BCUT2D eigenvalue weighted by molar-refractivity contribution is 8.13. The lowest BCUT2D eigenvalue weighted by atomic mass is 9.87. The number of thiazole rings is 1. The van der Waals surface area contributed by atoms with Crippen LogP contribution >= 0.6 is 34.4 Å². The van der Waals surface area contributed by atoms with E-state index in [9.17, 15) is 54.3 Å². The van der Waals surface area contributed by atoms with Crippen molar-refractivity contribution in [1.82, 2.24) is 30.6 Å². The van der Waals surface area contributed by atoms with Crippen LogP contribution in [0.25, 0.3) is 87.7 Å². The van der Waals surface area contributed by atoms with Crippen LogP contribution in [-0.2, 0) is 36.6 Å². The van der Waals surface area contributed by atoms with Crippen molar-refractivity contribution < 1.29 is 78.0 Å². The summed E-state index contributed by atoms with van der Waals surface area (Å²) in [6.07, 6.45) is 18.2. The summed E-state index contributed by atoms with van der Waals surface area (Å²) in [6.45, 7) is 14.3. The topological polar surface area (TPSA) is 190 Å². The van der Waals surface area contributed by atoms with E-state index >= 15 is 0 Å². The molecule has 758 valence electrons. The molecule has 20 rings (SSSR count). The molecule has 2 amide bonds. The van der Waals surface area contributed by atoms with Crippen molar-refractivity contribution >= 4 is 101 Å². The fourth-order valence-corrected chi connectivity index (χ4v) is 21.4. The van der Waals surface area contributed by atoms with Crippen molar-refractivity contribution in [3.63, 3.8) is 0 Å². The largest absolute Gasteiger partial charge is 0.490 e. The van der Waals surface area contributed by atoms with Gasteiger partial charge in [0.25, 0.3) is 17.0 Å². The number of carbonyl (C=O) groups excluding carboxylic acids is 4. The minimum Gasteiger partial charge on any atom is -0.490 e. The molecule has 0 unspecified atom stereocenters. The Labute approximate surface area is 867 Å². The second kappa shape index (κ2) is 48.9. The molecule has 17 aromatic rings. The summed E-state index contributed by atoms with van der Waals surface area (Å²) in [4.78, 5) is 75.1. The molecular weight excluding hydrogens is 1940 g/mol. The molecule has 15 nitrogen and oxygen atoms in total. The van der Waals surface area contributed by atoms with Gasteiger partial charge >= 0.3 is 5.97 Å². The van der Waals surface area contributed by atoms with Crippen LogP contribution in [0.4, 0.5) is 35.1 Å². The third-order valence-electron chi connectivity index (χ3n) is 26.5. The summed E-state index contributed by atoms with van der Waals surface area (Å²) >= 11 is 4.07. The number of carbonyl (C=O) groups is 4. The summed E-state index contributed by atoms with van der Waals surface area (Å²) in [5.74, 6) is -5.44. The van der Waals surface area contributed by atoms with Gasteiger partial charge in [0.15, 0.2) is 46.5 Å². The molecule has 5 heterocycles. The Bertz CT molecular complexity index is 7620. The summed E-state index contributed by atoms with van der Waals surface area (Å²) in [7, 11) is 0. The number of benzene rings is 12. The van der Waals surface area contributed by atoms with Crippen LogP contribution in [0.2, 0.25) is 0 Å². The van der Waals surface area contributed by atoms with E-state index in [1.807, 2.05) is 214 Å². The first-order chi connectivity index (χ1) is 71.7.